The molecule has 1 aromatic carbocycles. The maximum absolute atomic E-state index is 12.2. The second-order valence-electron chi connectivity index (χ2n) is 3.78. The molecule has 0 spiro atoms. The molecule has 1 heterocycles. The normalized spacial score (nSPS) is 10.2. The van der Waals surface area contributed by atoms with Crippen molar-refractivity contribution in [3.63, 3.8) is 0 Å². The first-order valence-corrected chi connectivity index (χ1v) is 6.60. The number of carbonyl (C=O) groups excluding carboxylic acids is 1. The van der Waals surface area contributed by atoms with Crippen LogP contribution in [0.4, 0.5) is 5.82 Å². The van der Waals surface area contributed by atoms with E-state index in [0.29, 0.717) is 15.9 Å². The van der Waals surface area contributed by atoms with E-state index >= 15 is 0 Å². The number of amides is 1. The molecular formula is C13H9Cl3N2O2. The number of halogens is 3. The number of hydrogen-bond acceptors (Lipinski definition) is 3. The molecule has 1 aromatic heterocycles. The standard InChI is InChI=1S/C13H9Cl3N2O2/c1-20-12-9(4-8(15)5-10(12)16)13(19)18-11-3-2-7(14)6-17-11/h2-6H,1H3,(H,17,18,19). The van der Waals surface area contributed by atoms with Crippen LogP contribution in [0.3, 0.4) is 0 Å². The summed E-state index contributed by atoms with van der Waals surface area (Å²) in [6.07, 6.45) is 1.43. The van der Waals surface area contributed by atoms with Gasteiger partial charge in [-0.2, -0.15) is 0 Å². The van der Waals surface area contributed by atoms with Crippen molar-refractivity contribution in [1.29, 1.82) is 0 Å². The highest BCUT2D eigenvalue weighted by molar-refractivity contribution is 6.36. The Balaban J connectivity index is 2.31. The SMILES string of the molecule is COc1c(Cl)cc(Cl)cc1C(=O)Nc1ccc(Cl)cn1. The van der Waals surface area contributed by atoms with Crippen LogP contribution < -0.4 is 10.1 Å². The van der Waals surface area contributed by atoms with E-state index in [4.69, 9.17) is 39.5 Å². The molecule has 2 rings (SSSR count). The number of nitrogens with one attached hydrogen (secondary N) is 1. The van der Waals surface area contributed by atoms with E-state index in [1.807, 2.05) is 0 Å². The van der Waals surface area contributed by atoms with Crippen LogP contribution in [0.1, 0.15) is 10.4 Å². The number of rotatable bonds is 3. The van der Waals surface area contributed by atoms with Crippen LogP contribution in [-0.4, -0.2) is 18.0 Å². The van der Waals surface area contributed by atoms with Crippen LogP contribution in [0.15, 0.2) is 30.5 Å². The van der Waals surface area contributed by atoms with E-state index in [1.165, 1.54) is 25.4 Å². The molecule has 0 radical (unpaired) electrons. The maximum atomic E-state index is 12.2. The molecule has 0 bridgehead atoms. The second-order valence-corrected chi connectivity index (χ2v) is 5.06. The summed E-state index contributed by atoms with van der Waals surface area (Å²) in [6.45, 7) is 0. The zero-order chi connectivity index (χ0) is 14.7. The molecule has 2 aromatic rings. The number of anilines is 1. The van der Waals surface area contributed by atoms with Crippen LogP contribution >= 0.6 is 34.8 Å². The smallest absolute Gasteiger partial charge is 0.260 e. The van der Waals surface area contributed by atoms with Gasteiger partial charge in [0.1, 0.15) is 11.6 Å². The Morgan fingerprint density at radius 1 is 1.20 bits per heavy atom. The Bertz CT molecular complexity index is 645. The molecule has 7 heteroatoms. The molecule has 1 N–H and O–H groups in total. The summed E-state index contributed by atoms with van der Waals surface area (Å²) in [6, 6.07) is 6.17. The fraction of sp³-hybridized carbons (Fsp3) is 0.0769. The first-order valence-electron chi connectivity index (χ1n) is 5.47. The van der Waals surface area contributed by atoms with Gasteiger partial charge in [-0.25, -0.2) is 4.98 Å². The molecule has 0 atom stereocenters. The van der Waals surface area contributed by atoms with Crippen molar-refractivity contribution in [1.82, 2.24) is 4.98 Å². The number of nitrogens with zero attached hydrogens (tertiary/aromatic N) is 1. The van der Waals surface area contributed by atoms with Crippen molar-refractivity contribution < 1.29 is 9.53 Å². The van der Waals surface area contributed by atoms with E-state index in [2.05, 4.69) is 10.3 Å². The lowest BCUT2D eigenvalue weighted by Crippen LogP contribution is -2.14. The average Bonchev–Trinajstić information content (AvgIpc) is 2.40. The molecule has 0 aliphatic carbocycles. The predicted molar refractivity (Wildman–Crippen MR) is 80.2 cm³/mol. The largest absolute Gasteiger partial charge is 0.494 e. The fourth-order valence-corrected chi connectivity index (χ4v) is 2.25. The van der Waals surface area contributed by atoms with Gasteiger partial charge in [0.05, 0.1) is 22.7 Å². The molecule has 20 heavy (non-hydrogen) atoms. The van der Waals surface area contributed by atoms with Crippen molar-refractivity contribution in [2.24, 2.45) is 0 Å². The van der Waals surface area contributed by atoms with E-state index in [-0.39, 0.29) is 16.3 Å². The summed E-state index contributed by atoms with van der Waals surface area (Å²) in [4.78, 5) is 16.2. The summed E-state index contributed by atoms with van der Waals surface area (Å²) >= 11 is 17.6. The third-order valence-electron chi connectivity index (χ3n) is 2.43. The summed E-state index contributed by atoms with van der Waals surface area (Å²) in [5.41, 5.74) is 0.224. The highest BCUT2D eigenvalue weighted by atomic mass is 35.5. The van der Waals surface area contributed by atoms with Gasteiger partial charge in [0, 0.05) is 11.2 Å². The monoisotopic (exact) mass is 330 g/mol. The van der Waals surface area contributed by atoms with Gasteiger partial charge in [-0.1, -0.05) is 34.8 Å². The van der Waals surface area contributed by atoms with Crippen LogP contribution in [0, 0.1) is 0 Å². The lowest BCUT2D eigenvalue weighted by atomic mass is 10.2. The van der Waals surface area contributed by atoms with Crippen molar-refractivity contribution >= 4 is 46.5 Å². The minimum absolute atomic E-state index is 0.224. The number of carbonyl (C=O) groups is 1. The van der Waals surface area contributed by atoms with Gasteiger partial charge in [0.25, 0.3) is 5.91 Å². The van der Waals surface area contributed by atoms with E-state index in [0.717, 1.165) is 0 Å². The van der Waals surface area contributed by atoms with Crippen LogP contribution in [0.25, 0.3) is 0 Å². The van der Waals surface area contributed by atoms with Gasteiger partial charge < -0.3 is 10.1 Å². The third-order valence-corrected chi connectivity index (χ3v) is 3.15. The maximum Gasteiger partial charge on any atom is 0.260 e. The molecule has 0 saturated heterocycles. The van der Waals surface area contributed by atoms with Gasteiger partial charge in [-0.05, 0) is 24.3 Å². The van der Waals surface area contributed by atoms with Crippen molar-refractivity contribution in [2.45, 2.75) is 0 Å². The average molecular weight is 332 g/mol. The summed E-state index contributed by atoms with van der Waals surface area (Å²) in [5.74, 6) is 0.182. The van der Waals surface area contributed by atoms with Gasteiger partial charge in [-0.15, -0.1) is 0 Å². The van der Waals surface area contributed by atoms with Crippen molar-refractivity contribution in [2.75, 3.05) is 12.4 Å². The van der Waals surface area contributed by atoms with E-state index in [1.54, 1.807) is 12.1 Å². The summed E-state index contributed by atoms with van der Waals surface area (Å²) in [7, 11) is 1.42. The molecule has 104 valence electrons. The van der Waals surface area contributed by atoms with E-state index in [9.17, 15) is 4.79 Å². The molecule has 1 amide bonds. The minimum atomic E-state index is -0.430. The van der Waals surface area contributed by atoms with Crippen molar-refractivity contribution in [3.8, 4) is 5.75 Å². The molecule has 0 fully saturated rings. The van der Waals surface area contributed by atoms with Crippen LogP contribution in [0.2, 0.25) is 15.1 Å². The zero-order valence-electron chi connectivity index (χ0n) is 10.3. The quantitative estimate of drug-likeness (QED) is 0.912. The van der Waals surface area contributed by atoms with Gasteiger partial charge in [0.15, 0.2) is 0 Å². The number of methoxy groups -OCH3 is 1. The third kappa shape index (κ3) is 3.33. The fourth-order valence-electron chi connectivity index (χ4n) is 1.57. The van der Waals surface area contributed by atoms with Gasteiger partial charge >= 0.3 is 0 Å². The Kier molecular flexibility index (Phi) is 4.70. The Morgan fingerprint density at radius 3 is 2.55 bits per heavy atom. The van der Waals surface area contributed by atoms with Crippen LogP contribution in [0.5, 0.6) is 5.75 Å². The van der Waals surface area contributed by atoms with Crippen LogP contribution in [-0.2, 0) is 0 Å². The topological polar surface area (TPSA) is 51.2 Å². The molecule has 0 aliphatic heterocycles. The van der Waals surface area contributed by atoms with Gasteiger partial charge in [-0.3, -0.25) is 4.79 Å². The van der Waals surface area contributed by atoms with Gasteiger partial charge in [0.2, 0.25) is 0 Å². The molecular weight excluding hydrogens is 323 g/mol. The Morgan fingerprint density at radius 2 is 1.95 bits per heavy atom. The van der Waals surface area contributed by atoms with E-state index < -0.39 is 5.91 Å². The molecule has 0 aliphatic rings. The second kappa shape index (κ2) is 6.31. The number of benzene rings is 1. The Hall–Kier alpha value is -1.49. The van der Waals surface area contributed by atoms with Crippen molar-refractivity contribution in [3.05, 3.63) is 51.1 Å². The molecule has 0 unspecified atom stereocenters. The Labute approximate surface area is 130 Å². The first kappa shape index (κ1) is 14.9. The lowest BCUT2D eigenvalue weighted by Gasteiger charge is -2.11. The number of pyridine rings is 1. The number of ether oxygens (including phenoxy) is 1. The predicted octanol–water partition coefficient (Wildman–Crippen LogP) is 4.30. The highest BCUT2D eigenvalue weighted by Crippen LogP contribution is 2.32. The molecule has 0 saturated carbocycles. The highest BCUT2D eigenvalue weighted by Gasteiger charge is 2.17. The first-order chi connectivity index (χ1) is 9.51. The summed E-state index contributed by atoms with van der Waals surface area (Å²) in [5, 5.41) is 3.68. The zero-order valence-corrected chi connectivity index (χ0v) is 12.6. The number of hydrogen-bond donors (Lipinski definition) is 1. The lowest BCUT2D eigenvalue weighted by molar-refractivity contribution is 0.102. The molecule has 4 nitrogen and oxygen atoms in total. The summed E-state index contributed by atoms with van der Waals surface area (Å²) < 4.78 is 5.12. The number of aromatic nitrogens is 1. The minimum Gasteiger partial charge on any atom is -0.494 e.